The predicted molar refractivity (Wildman–Crippen MR) is 99.7 cm³/mol. The Morgan fingerprint density at radius 2 is 2.28 bits per heavy atom. The van der Waals surface area contributed by atoms with Gasteiger partial charge in [-0.2, -0.15) is 0 Å². The Balaban J connectivity index is 1.32. The first-order valence-corrected chi connectivity index (χ1v) is 10.2. The lowest BCUT2D eigenvalue weighted by atomic mass is 9.90. The first kappa shape index (κ1) is 16.8. The maximum atomic E-state index is 12.2. The number of thiophene rings is 1. The van der Waals surface area contributed by atoms with Gasteiger partial charge in [-0.15, -0.1) is 11.3 Å². The Kier molecular flexibility index (Phi) is 4.90. The van der Waals surface area contributed by atoms with E-state index in [0.29, 0.717) is 19.0 Å². The Hall–Kier alpha value is -1.66. The molecule has 1 N–H and O–H groups in total. The van der Waals surface area contributed by atoms with Gasteiger partial charge in [0.2, 0.25) is 5.91 Å². The third-order valence-corrected chi connectivity index (χ3v) is 6.42. The summed E-state index contributed by atoms with van der Waals surface area (Å²) in [5, 5.41) is 5.08. The van der Waals surface area contributed by atoms with Gasteiger partial charge in [0, 0.05) is 36.8 Å². The zero-order valence-corrected chi connectivity index (χ0v) is 15.6. The number of carbonyl (C=O) groups is 1. The highest BCUT2D eigenvalue weighted by Crippen LogP contribution is 2.34. The van der Waals surface area contributed by atoms with Gasteiger partial charge in [-0.25, -0.2) is 4.98 Å². The fourth-order valence-electron chi connectivity index (χ4n) is 3.87. The van der Waals surface area contributed by atoms with Crippen molar-refractivity contribution in [2.24, 2.45) is 0 Å². The average molecular weight is 359 g/mol. The van der Waals surface area contributed by atoms with Gasteiger partial charge >= 0.3 is 0 Å². The molecule has 6 heteroatoms. The van der Waals surface area contributed by atoms with Gasteiger partial charge in [-0.3, -0.25) is 9.69 Å². The standard InChI is InChI=1S/C19H26N4OS/c1-14-19-21-15(12-18(24)20-8-7-17-6-3-11-25-17)13-22(19)9-10-23(14)16-4-2-5-16/h3,6,11,13-14,16H,2,4-5,7-10,12H2,1H3,(H,20,24). The number of rotatable bonds is 6. The number of imidazole rings is 1. The Bertz CT molecular complexity index is 720. The second-order valence-electron chi connectivity index (χ2n) is 7.14. The molecule has 1 amide bonds. The van der Waals surface area contributed by atoms with Crippen LogP contribution in [0, 0.1) is 0 Å². The second-order valence-corrected chi connectivity index (χ2v) is 8.17. The molecule has 134 valence electrons. The van der Waals surface area contributed by atoms with E-state index in [0.717, 1.165) is 37.1 Å². The molecule has 0 bridgehead atoms. The second kappa shape index (κ2) is 7.30. The van der Waals surface area contributed by atoms with E-state index in [1.807, 2.05) is 6.07 Å². The summed E-state index contributed by atoms with van der Waals surface area (Å²) in [4.78, 5) is 20.9. The predicted octanol–water partition coefficient (Wildman–Crippen LogP) is 2.78. The van der Waals surface area contributed by atoms with Crippen LogP contribution in [0.5, 0.6) is 0 Å². The number of amides is 1. The molecule has 3 heterocycles. The highest BCUT2D eigenvalue weighted by Gasteiger charge is 2.34. The number of hydrogen-bond acceptors (Lipinski definition) is 4. The summed E-state index contributed by atoms with van der Waals surface area (Å²) in [6.45, 7) is 5.03. The van der Waals surface area contributed by atoms with E-state index in [4.69, 9.17) is 4.98 Å². The molecular weight excluding hydrogens is 332 g/mol. The van der Waals surface area contributed by atoms with Crippen LogP contribution in [0.2, 0.25) is 0 Å². The smallest absolute Gasteiger partial charge is 0.226 e. The van der Waals surface area contributed by atoms with E-state index in [1.165, 1.54) is 24.1 Å². The van der Waals surface area contributed by atoms with Crippen LogP contribution < -0.4 is 5.32 Å². The molecule has 0 saturated heterocycles. The fraction of sp³-hybridized carbons (Fsp3) is 0.579. The van der Waals surface area contributed by atoms with Crippen LogP contribution in [0.1, 0.15) is 48.6 Å². The molecule has 2 aliphatic rings. The lowest BCUT2D eigenvalue weighted by Crippen LogP contribution is -2.46. The molecule has 1 unspecified atom stereocenters. The summed E-state index contributed by atoms with van der Waals surface area (Å²) < 4.78 is 2.24. The number of aromatic nitrogens is 2. The average Bonchev–Trinajstić information content (AvgIpc) is 3.18. The topological polar surface area (TPSA) is 50.2 Å². The first-order chi connectivity index (χ1) is 12.2. The highest BCUT2D eigenvalue weighted by atomic mass is 32.1. The summed E-state index contributed by atoms with van der Waals surface area (Å²) in [7, 11) is 0. The van der Waals surface area contributed by atoms with Crippen LogP contribution in [0.4, 0.5) is 0 Å². The Labute approximate surface area is 153 Å². The van der Waals surface area contributed by atoms with E-state index in [1.54, 1.807) is 11.3 Å². The highest BCUT2D eigenvalue weighted by molar-refractivity contribution is 7.09. The van der Waals surface area contributed by atoms with Crippen LogP contribution in [0.25, 0.3) is 0 Å². The largest absolute Gasteiger partial charge is 0.355 e. The van der Waals surface area contributed by atoms with Crippen molar-refractivity contribution in [2.45, 2.75) is 57.7 Å². The molecule has 25 heavy (non-hydrogen) atoms. The number of fused-ring (bicyclic) bond motifs is 1. The maximum absolute atomic E-state index is 12.2. The molecule has 1 fully saturated rings. The van der Waals surface area contributed by atoms with E-state index < -0.39 is 0 Å². The van der Waals surface area contributed by atoms with Gasteiger partial charge < -0.3 is 9.88 Å². The molecule has 2 aromatic rings. The van der Waals surface area contributed by atoms with Crippen molar-refractivity contribution in [3.63, 3.8) is 0 Å². The molecule has 5 nitrogen and oxygen atoms in total. The molecule has 4 rings (SSSR count). The van der Waals surface area contributed by atoms with E-state index in [9.17, 15) is 4.79 Å². The van der Waals surface area contributed by atoms with Crippen LogP contribution in [-0.4, -0.2) is 39.5 Å². The third kappa shape index (κ3) is 3.65. The molecule has 1 atom stereocenters. The van der Waals surface area contributed by atoms with Crippen molar-refractivity contribution in [3.8, 4) is 0 Å². The van der Waals surface area contributed by atoms with Crippen LogP contribution >= 0.6 is 11.3 Å². The molecule has 1 aliphatic carbocycles. The molecule has 0 aromatic carbocycles. The van der Waals surface area contributed by atoms with Gasteiger partial charge in [0.15, 0.2) is 0 Å². The molecular formula is C19H26N4OS. The molecule has 1 saturated carbocycles. The minimum Gasteiger partial charge on any atom is -0.355 e. The summed E-state index contributed by atoms with van der Waals surface area (Å²) >= 11 is 1.73. The zero-order chi connectivity index (χ0) is 17.2. The minimum absolute atomic E-state index is 0.0653. The van der Waals surface area contributed by atoms with Crippen LogP contribution in [0.3, 0.4) is 0 Å². The van der Waals surface area contributed by atoms with E-state index in [-0.39, 0.29) is 5.91 Å². The molecule has 0 spiro atoms. The number of nitrogens with one attached hydrogen (secondary N) is 1. The van der Waals surface area contributed by atoms with Gasteiger partial charge in [0.1, 0.15) is 5.82 Å². The van der Waals surface area contributed by atoms with Gasteiger partial charge in [-0.05, 0) is 37.6 Å². The number of carbonyl (C=O) groups excluding carboxylic acids is 1. The van der Waals surface area contributed by atoms with E-state index in [2.05, 4.69) is 39.4 Å². The number of hydrogen-bond donors (Lipinski definition) is 1. The molecule has 0 radical (unpaired) electrons. The summed E-state index contributed by atoms with van der Waals surface area (Å²) in [5.74, 6) is 1.19. The Morgan fingerprint density at radius 1 is 1.40 bits per heavy atom. The normalized spacial score (nSPS) is 20.9. The lowest BCUT2D eigenvalue weighted by Gasteiger charge is -2.43. The van der Waals surface area contributed by atoms with Crippen molar-refractivity contribution < 1.29 is 4.79 Å². The zero-order valence-electron chi connectivity index (χ0n) is 14.8. The van der Waals surface area contributed by atoms with Crippen molar-refractivity contribution in [3.05, 3.63) is 40.1 Å². The lowest BCUT2D eigenvalue weighted by molar-refractivity contribution is -0.120. The Morgan fingerprint density at radius 3 is 3.00 bits per heavy atom. The SMILES string of the molecule is CC1c2nc(CC(=O)NCCc3cccs3)cn2CCN1C1CCC1. The summed E-state index contributed by atoms with van der Waals surface area (Å²) in [5.41, 5.74) is 0.894. The fourth-order valence-corrected chi connectivity index (χ4v) is 4.58. The third-order valence-electron chi connectivity index (χ3n) is 5.49. The molecule has 1 aliphatic heterocycles. The van der Waals surface area contributed by atoms with Gasteiger partial charge in [-0.1, -0.05) is 12.5 Å². The van der Waals surface area contributed by atoms with Crippen molar-refractivity contribution in [2.75, 3.05) is 13.1 Å². The van der Waals surface area contributed by atoms with Crippen molar-refractivity contribution in [1.29, 1.82) is 0 Å². The quantitative estimate of drug-likeness (QED) is 0.864. The van der Waals surface area contributed by atoms with Crippen LogP contribution in [0.15, 0.2) is 23.7 Å². The molecule has 2 aromatic heterocycles. The summed E-state index contributed by atoms with van der Waals surface area (Å²) in [6, 6.07) is 5.25. The van der Waals surface area contributed by atoms with Gasteiger partial charge in [0.25, 0.3) is 0 Å². The number of nitrogens with zero attached hydrogens (tertiary/aromatic N) is 3. The first-order valence-electron chi connectivity index (χ1n) is 9.31. The van der Waals surface area contributed by atoms with Crippen molar-refractivity contribution in [1.82, 2.24) is 19.8 Å². The minimum atomic E-state index is 0.0653. The summed E-state index contributed by atoms with van der Waals surface area (Å²) in [6.07, 6.45) is 7.36. The van der Waals surface area contributed by atoms with Crippen LogP contribution in [-0.2, 0) is 24.2 Å². The van der Waals surface area contributed by atoms with E-state index >= 15 is 0 Å². The van der Waals surface area contributed by atoms with Gasteiger partial charge in [0.05, 0.1) is 18.2 Å². The van der Waals surface area contributed by atoms with Crippen molar-refractivity contribution >= 4 is 17.2 Å². The maximum Gasteiger partial charge on any atom is 0.226 e. The monoisotopic (exact) mass is 358 g/mol.